The van der Waals surface area contributed by atoms with E-state index in [1.807, 2.05) is 54.6 Å². The van der Waals surface area contributed by atoms with Gasteiger partial charge >= 0.3 is 0 Å². The van der Waals surface area contributed by atoms with E-state index < -0.39 is 5.56 Å². The molecule has 2 aromatic heterocycles. The molecule has 2 N–H and O–H groups in total. The van der Waals surface area contributed by atoms with Crippen LogP contribution in [-0.2, 0) is 0 Å². The Morgan fingerprint density at radius 2 is 1.92 bits per heavy atom. The Labute approximate surface area is 148 Å². The molecule has 0 aliphatic carbocycles. The topological polar surface area (TPSA) is 63.0 Å². The number of aliphatic hydroxyl groups is 1. The number of anilines is 1. The summed E-state index contributed by atoms with van der Waals surface area (Å²) in [5.41, 5.74) is 4.02. The Morgan fingerprint density at radius 1 is 1.04 bits per heavy atom. The maximum absolute atomic E-state index is 9.80. The number of benzene rings is 2. The van der Waals surface area contributed by atoms with Gasteiger partial charge in [0.25, 0.3) is 0 Å². The molecule has 0 radical (unpaired) electrons. The van der Waals surface area contributed by atoms with Crippen LogP contribution in [0.15, 0.2) is 71.8 Å². The number of aromatic nitrogens is 3. The van der Waals surface area contributed by atoms with Crippen LogP contribution in [0, 0.1) is 0 Å². The van der Waals surface area contributed by atoms with Crippen molar-refractivity contribution in [1.82, 2.24) is 14.5 Å². The first-order valence-corrected chi connectivity index (χ1v) is 8.82. The van der Waals surface area contributed by atoms with Crippen molar-refractivity contribution in [3.05, 3.63) is 66.9 Å². The quantitative estimate of drug-likeness (QED) is 0.577. The number of aliphatic hydroxyl groups excluding tert-OH is 1. The maximum Gasteiger partial charge on any atom is 0.178 e. The van der Waals surface area contributed by atoms with Crippen molar-refractivity contribution in [2.75, 3.05) is 5.32 Å². The third-order valence-electron chi connectivity index (χ3n) is 4.19. The fraction of sp³-hybridized carbons (Fsp3) is 0.0526. The molecule has 6 heteroatoms. The predicted octanol–water partition coefficient (Wildman–Crippen LogP) is 3.88. The van der Waals surface area contributed by atoms with E-state index in [-0.39, 0.29) is 0 Å². The van der Waals surface area contributed by atoms with Crippen LogP contribution >= 0.6 is 11.8 Å². The minimum absolute atomic E-state index is 0.600. The molecule has 0 saturated heterocycles. The van der Waals surface area contributed by atoms with E-state index in [1.165, 1.54) is 11.8 Å². The van der Waals surface area contributed by atoms with Crippen LogP contribution in [0.2, 0.25) is 0 Å². The second-order valence-corrected chi connectivity index (χ2v) is 6.90. The molecule has 0 fully saturated rings. The van der Waals surface area contributed by atoms with Crippen LogP contribution in [0.3, 0.4) is 0 Å². The van der Waals surface area contributed by atoms with Gasteiger partial charge in [-0.15, -0.1) is 0 Å². The number of fused-ring (bicyclic) bond motifs is 2. The summed E-state index contributed by atoms with van der Waals surface area (Å²) < 4.78 is 2.07. The number of pyridine rings is 1. The van der Waals surface area contributed by atoms with Crippen LogP contribution in [0.25, 0.3) is 28.2 Å². The SMILES string of the molecule is OC1Nc2ccc(-n3c(-c4ccccc4)nc4cccnc43)cc2S1. The summed E-state index contributed by atoms with van der Waals surface area (Å²) in [7, 11) is 0. The lowest BCUT2D eigenvalue weighted by Gasteiger charge is -2.10. The molecule has 3 heterocycles. The van der Waals surface area contributed by atoms with Crippen molar-refractivity contribution >= 4 is 28.6 Å². The van der Waals surface area contributed by atoms with Gasteiger partial charge in [-0.25, -0.2) is 9.97 Å². The Balaban J connectivity index is 1.77. The van der Waals surface area contributed by atoms with Crippen molar-refractivity contribution in [3.63, 3.8) is 0 Å². The van der Waals surface area contributed by atoms with Gasteiger partial charge in [0.2, 0.25) is 0 Å². The number of hydrogen-bond donors (Lipinski definition) is 2. The average molecular weight is 346 g/mol. The molecule has 4 aromatic rings. The minimum atomic E-state index is -0.600. The molecule has 2 aromatic carbocycles. The van der Waals surface area contributed by atoms with Crippen LogP contribution in [0.5, 0.6) is 0 Å². The number of hydrogen-bond acceptors (Lipinski definition) is 5. The zero-order valence-corrected chi connectivity index (χ0v) is 13.9. The fourth-order valence-electron chi connectivity index (χ4n) is 3.09. The summed E-state index contributed by atoms with van der Waals surface area (Å²) in [6, 6.07) is 20.0. The van der Waals surface area contributed by atoms with Gasteiger partial charge in [0, 0.05) is 16.7 Å². The summed E-state index contributed by atoms with van der Waals surface area (Å²) in [5.74, 6) is 0.853. The maximum atomic E-state index is 9.80. The lowest BCUT2D eigenvalue weighted by Crippen LogP contribution is -2.06. The molecule has 0 spiro atoms. The highest BCUT2D eigenvalue weighted by molar-refractivity contribution is 8.00. The molecule has 25 heavy (non-hydrogen) atoms. The molecule has 1 aliphatic heterocycles. The van der Waals surface area contributed by atoms with Crippen molar-refractivity contribution in [2.24, 2.45) is 0 Å². The fourth-order valence-corrected chi connectivity index (χ4v) is 3.96. The molecule has 0 saturated carbocycles. The third kappa shape index (κ3) is 2.38. The van der Waals surface area contributed by atoms with Crippen LogP contribution in [-0.4, -0.2) is 25.2 Å². The summed E-state index contributed by atoms with van der Waals surface area (Å²) >= 11 is 1.40. The number of nitrogens with one attached hydrogen (secondary N) is 1. The largest absolute Gasteiger partial charge is 0.364 e. The normalized spacial score (nSPS) is 16.0. The smallest absolute Gasteiger partial charge is 0.178 e. The van der Waals surface area contributed by atoms with Crippen LogP contribution in [0.1, 0.15) is 0 Å². The molecule has 122 valence electrons. The average Bonchev–Trinajstić information content (AvgIpc) is 3.21. The number of thioether (sulfide) groups is 1. The van der Waals surface area contributed by atoms with Gasteiger partial charge in [-0.1, -0.05) is 42.1 Å². The van der Waals surface area contributed by atoms with Gasteiger partial charge in [-0.05, 0) is 30.3 Å². The van der Waals surface area contributed by atoms with Gasteiger partial charge in [0.1, 0.15) is 11.3 Å². The van der Waals surface area contributed by atoms with E-state index in [4.69, 9.17) is 4.98 Å². The zero-order valence-electron chi connectivity index (χ0n) is 13.1. The molecule has 1 aliphatic rings. The van der Waals surface area contributed by atoms with E-state index in [2.05, 4.69) is 20.9 Å². The summed E-state index contributed by atoms with van der Waals surface area (Å²) in [5, 5.41) is 12.8. The monoisotopic (exact) mass is 346 g/mol. The van der Waals surface area contributed by atoms with E-state index in [0.29, 0.717) is 0 Å². The van der Waals surface area contributed by atoms with E-state index in [9.17, 15) is 5.11 Å². The first-order valence-electron chi connectivity index (χ1n) is 7.94. The second-order valence-electron chi connectivity index (χ2n) is 5.78. The number of imidazole rings is 1. The standard InChI is InChI=1S/C19H14N4OS/c24-19-22-14-9-8-13(11-16(14)25-19)23-17(12-5-2-1-3-6-12)21-15-7-4-10-20-18(15)23/h1-11,19,22,24H. The lowest BCUT2D eigenvalue weighted by atomic mass is 10.2. The predicted molar refractivity (Wildman–Crippen MR) is 99.8 cm³/mol. The lowest BCUT2D eigenvalue weighted by molar-refractivity contribution is 0.294. The first-order chi connectivity index (χ1) is 12.3. The van der Waals surface area contributed by atoms with Gasteiger partial charge < -0.3 is 10.4 Å². The van der Waals surface area contributed by atoms with Gasteiger partial charge in [-0.3, -0.25) is 4.57 Å². The highest BCUT2D eigenvalue weighted by Gasteiger charge is 2.21. The molecule has 5 nitrogen and oxygen atoms in total. The Kier molecular flexibility index (Phi) is 3.26. The highest BCUT2D eigenvalue weighted by Crippen LogP contribution is 2.39. The van der Waals surface area contributed by atoms with Crippen molar-refractivity contribution in [1.29, 1.82) is 0 Å². The first kappa shape index (κ1) is 14.5. The summed E-state index contributed by atoms with van der Waals surface area (Å²) in [6.07, 6.45) is 1.78. The number of nitrogens with zero attached hydrogens (tertiary/aromatic N) is 3. The summed E-state index contributed by atoms with van der Waals surface area (Å²) in [4.78, 5) is 10.4. The Bertz CT molecular complexity index is 1080. The van der Waals surface area contributed by atoms with Gasteiger partial charge in [-0.2, -0.15) is 0 Å². The van der Waals surface area contributed by atoms with Crippen molar-refractivity contribution in [2.45, 2.75) is 10.5 Å². The molecule has 0 bridgehead atoms. The highest BCUT2D eigenvalue weighted by atomic mass is 32.2. The van der Waals surface area contributed by atoms with E-state index in [0.717, 1.165) is 38.8 Å². The molecule has 1 atom stereocenters. The van der Waals surface area contributed by atoms with E-state index in [1.54, 1.807) is 6.20 Å². The second kappa shape index (κ2) is 5.61. The molecule has 0 amide bonds. The number of rotatable bonds is 2. The van der Waals surface area contributed by atoms with Crippen molar-refractivity contribution in [3.8, 4) is 17.1 Å². The van der Waals surface area contributed by atoms with E-state index >= 15 is 0 Å². The molecular formula is C19H14N4OS. The van der Waals surface area contributed by atoms with Crippen molar-refractivity contribution < 1.29 is 5.11 Å². The summed E-state index contributed by atoms with van der Waals surface area (Å²) in [6.45, 7) is 0. The van der Waals surface area contributed by atoms with Gasteiger partial charge in [0.15, 0.2) is 11.2 Å². The molecule has 1 unspecified atom stereocenters. The Morgan fingerprint density at radius 3 is 2.80 bits per heavy atom. The van der Waals surface area contributed by atoms with Gasteiger partial charge in [0.05, 0.1) is 11.4 Å². The molecular weight excluding hydrogens is 332 g/mol. The molecule has 5 rings (SSSR count). The van der Waals surface area contributed by atoms with Crippen LogP contribution < -0.4 is 5.32 Å². The van der Waals surface area contributed by atoms with Crippen LogP contribution in [0.4, 0.5) is 5.69 Å². The zero-order chi connectivity index (χ0) is 16.8. The Hall–Kier alpha value is -2.83. The minimum Gasteiger partial charge on any atom is -0.364 e. The third-order valence-corrected chi connectivity index (χ3v) is 5.12.